The van der Waals surface area contributed by atoms with Crippen LogP contribution in [0.1, 0.15) is 39.5 Å². The van der Waals surface area contributed by atoms with Crippen molar-refractivity contribution in [1.82, 2.24) is 9.13 Å². The lowest BCUT2D eigenvalue weighted by Gasteiger charge is -2.40. The summed E-state index contributed by atoms with van der Waals surface area (Å²) >= 11 is 0. The van der Waals surface area contributed by atoms with E-state index in [2.05, 4.69) is 12.2 Å². The van der Waals surface area contributed by atoms with E-state index in [1.165, 1.54) is 11.6 Å². The zero-order valence-electron chi connectivity index (χ0n) is 11.8. The first kappa shape index (κ1) is 13.7. The van der Waals surface area contributed by atoms with Crippen molar-refractivity contribution >= 4 is 11.5 Å². The van der Waals surface area contributed by atoms with Gasteiger partial charge in [-0.25, -0.2) is 4.79 Å². The Morgan fingerprint density at radius 2 is 2.00 bits per heavy atom. The SMILES string of the molecule is CCCn1c(N)c(NC2(C)CCC2)c(=O)n(C)c1=O. The van der Waals surface area contributed by atoms with Crippen LogP contribution in [0.2, 0.25) is 0 Å². The van der Waals surface area contributed by atoms with Gasteiger partial charge in [0.05, 0.1) is 0 Å². The quantitative estimate of drug-likeness (QED) is 0.848. The lowest BCUT2D eigenvalue weighted by Crippen LogP contribution is -2.47. The van der Waals surface area contributed by atoms with E-state index < -0.39 is 0 Å². The maximum atomic E-state index is 12.2. The van der Waals surface area contributed by atoms with Gasteiger partial charge in [-0.05, 0) is 32.6 Å². The van der Waals surface area contributed by atoms with Gasteiger partial charge < -0.3 is 11.1 Å². The van der Waals surface area contributed by atoms with Gasteiger partial charge in [0.25, 0.3) is 5.56 Å². The highest BCUT2D eigenvalue weighted by Crippen LogP contribution is 2.34. The summed E-state index contributed by atoms with van der Waals surface area (Å²) in [5.74, 6) is 0.253. The molecule has 6 heteroatoms. The first-order chi connectivity index (χ1) is 8.89. The Hall–Kier alpha value is -1.72. The standard InChI is InChI=1S/C13H22N4O2/c1-4-8-17-10(14)9(11(18)16(3)12(17)19)15-13(2)6-5-7-13/h15H,4-8,14H2,1-3H3. The molecule has 0 saturated heterocycles. The third kappa shape index (κ3) is 2.27. The van der Waals surface area contributed by atoms with Crippen molar-refractivity contribution < 1.29 is 0 Å². The van der Waals surface area contributed by atoms with Gasteiger partial charge in [-0.2, -0.15) is 0 Å². The van der Waals surface area contributed by atoms with E-state index in [0.29, 0.717) is 12.2 Å². The Morgan fingerprint density at radius 1 is 1.37 bits per heavy atom. The molecule has 1 aliphatic carbocycles. The summed E-state index contributed by atoms with van der Waals surface area (Å²) in [6.07, 6.45) is 3.97. The summed E-state index contributed by atoms with van der Waals surface area (Å²) in [6, 6.07) is 0. The van der Waals surface area contributed by atoms with Crippen molar-refractivity contribution in [1.29, 1.82) is 0 Å². The van der Waals surface area contributed by atoms with Crippen LogP contribution in [0.3, 0.4) is 0 Å². The maximum Gasteiger partial charge on any atom is 0.332 e. The fourth-order valence-electron chi connectivity index (χ4n) is 2.47. The van der Waals surface area contributed by atoms with Gasteiger partial charge in [0.2, 0.25) is 0 Å². The summed E-state index contributed by atoms with van der Waals surface area (Å²) < 4.78 is 2.59. The molecule has 3 N–H and O–H groups in total. The van der Waals surface area contributed by atoms with Gasteiger partial charge in [-0.1, -0.05) is 6.92 Å². The van der Waals surface area contributed by atoms with Crippen LogP contribution in [0.15, 0.2) is 9.59 Å². The summed E-state index contributed by atoms with van der Waals surface area (Å²) in [7, 11) is 1.49. The molecule has 0 spiro atoms. The summed E-state index contributed by atoms with van der Waals surface area (Å²) in [4.78, 5) is 24.2. The van der Waals surface area contributed by atoms with Gasteiger partial charge in [-0.15, -0.1) is 0 Å². The lowest BCUT2D eigenvalue weighted by molar-refractivity contribution is 0.306. The number of anilines is 2. The molecule has 0 radical (unpaired) electrons. The zero-order chi connectivity index (χ0) is 14.2. The van der Waals surface area contributed by atoms with E-state index in [1.807, 2.05) is 6.92 Å². The van der Waals surface area contributed by atoms with Crippen LogP contribution in [0.25, 0.3) is 0 Å². The first-order valence-corrected chi connectivity index (χ1v) is 6.77. The van der Waals surface area contributed by atoms with Gasteiger partial charge in [0, 0.05) is 19.1 Å². The number of hydrogen-bond donors (Lipinski definition) is 2. The molecule has 6 nitrogen and oxygen atoms in total. The Kier molecular flexibility index (Phi) is 3.43. The molecule has 1 aliphatic rings. The molecule has 2 rings (SSSR count). The Morgan fingerprint density at radius 3 is 2.47 bits per heavy atom. The van der Waals surface area contributed by atoms with Crippen molar-refractivity contribution in [3.8, 4) is 0 Å². The smallest absolute Gasteiger partial charge is 0.332 e. The number of nitrogen functional groups attached to an aromatic ring is 1. The topological polar surface area (TPSA) is 82.0 Å². The minimum absolute atomic E-state index is 0.0747. The average Bonchev–Trinajstić information content (AvgIpc) is 2.35. The van der Waals surface area contributed by atoms with Crippen LogP contribution in [-0.4, -0.2) is 14.7 Å². The number of aromatic nitrogens is 2. The number of nitrogens with two attached hydrogens (primary N) is 1. The normalized spacial score (nSPS) is 17.0. The second-order valence-electron chi connectivity index (χ2n) is 5.60. The predicted octanol–water partition coefficient (Wildman–Crippen LogP) is 0.894. The van der Waals surface area contributed by atoms with E-state index in [4.69, 9.17) is 5.73 Å². The molecule has 0 amide bonds. The average molecular weight is 266 g/mol. The van der Waals surface area contributed by atoms with E-state index in [9.17, 15) is 9.59 Å². The summed E-state index contributed by atoms with van der Waals surface area (Å²) in [5.41, 5.74) is 5.60. The highest BCUT2D eigenvalue weighted by molar-refractivity contribution is 5.62. The fraction of sp³-hybridized carbons (Fsp3) is 0.692. The van der Waals surface area contributed by atoms with Crippen LogP contribution < -0.4 is 22.3 Å². The lowest BCUT2D eigenvalue weighted by atomic mass is 9.78. The molecule has 0 aromatic carbocycles. The summed E-state index contributed by atoms with van der Waals surface area (Å²) in [5, 5.41) is 3.24. The number of hydrogen-bond acceptors (Lipinski definition) is 4. The molecule has 106 valence electrons. The molecule has 1 aromatic rings. The van der Waals surface area contributed by atoms with Gasteiger partial charge in [0.15, 0.2) is 0 Å². The number of nitrogens with zero attached hydrogens (tertiary/aromatic N) is 2. The van der Waals surface area contributed by atoms with Crippen LogP contribution in [0, 0.1) is 0 Å². The fourth-order valence-corrected chi connectivity index (χ4v) is 2.47. The van der Waals surface area contributed by atoms with Crippen LogP contribution in [0.4, 0.5) is 11.5 Å². The Labute approximate surface area is 112 Å². The molecule has 0 aliphatic heterocycles. The van der Waals surface area contributed by atoms with E-state index in [-0.39, 0.29) is 22.6 Å². The molecule has 0 unspecified atom stereocenters. The third-order valence-corrected chi connectivity index (χ3v) is 3.91. The highest BCUT2D eigenvalue weighted by Gasteiger charge is 2.33. The minimum Gasteiger partial charge on any atom is -0.383 e. The molecule has 1 heterocycles. The molecule has 1 saturated carbocycles. The van der Waals surface area contributed by atoms with Gasteiger partial charge in [0.1, 0.15) is 11.5 Å². The van der Waals surface area contributed by atoms with E-state index in [1.54, 1.807) is 0 Å². The number of nitrogens with one attached hydrogen (secondary N) is 1. The third-order valence-electron chi connectivity index (χ3n) is 3.91. The van der Waals surface area contributed by atoms with E-state index >= 15 is 0 Å². The van der Waals surface area contributed by atoms with Crippen molar-refractivity contribution in [2.45, 2.75) is 51.6 Å². The molecule has 0 bridgehead atoms. The molecule has 1 fully saturated rings. The largest absolute Gasteiger partial charge is 0.383 e. The number of rotatable bonds is 4. The van der Waals surface area contributed by atoms with Crippen LogP contribution >= 0.6 is 0 Å². The van der Waals surface area contributed by atoms with Crippen molar-refractivity contribution in [3.63, 3.8) is 0 Å². The van der Waals surface area contributed by atoms with Gasteiger partial charge >= 0.3 is 5.69 Å². The Bertz CT molecular complexity index is 596. The monoisotopic (exact) mass is 266 g/mol. The predicted molar refractivity (Wildman–Crippen MR) is 76.5 cm³/mol. The Balaban J connectivity index is 2.53. The molecular weight excluding hydrogens is 244 g/mol. The molecular formula is C13H22N4O2. The molecule has 0 atom stereocenters. The van der Waals surface area contributed by atoms with Crippen molar-refractivity contribution in [2.24, 2.45) is 7.05 Å². The van der Waals surface area contributed by atoms with E-state index in [0.717, 1.165) is 30.3 Å². The highest BCUT2D eigenvalue weighted by atomic mass is 16.2. The van der Waals surface area contributed by atoms with Crippen molar-refractivity contribution in [2.75, 3.05) is 11.1 Å². The van der Waals surface area contributed by atoms with Crippen molar-refractivity contribution in [3.05, 3.63) is 20.8 Å². The second kappa shape index (κ2) is 4.75. The van der Waals surface area contributed by atoms with Gasteiger partial charge in [-0.3, -0.25) is 13.9 Å². The van der Waals surface area contributed by atoms with Crippen LogP contribution in [0.5, 0.6) is 0 Å². The summed E-state index contributed by atoms with van der Waals surface area (Å²) in [6.45, 7) is 4.56. The molecule has 1 aromatic heterocycles. The second-order valence-corrected chi connectivity index (χ2v) is 5.60. The molecule has 19 heavy (non-hydrogen) atoms. The first-order valence-electron chi connectivity index (χ1n) is 6.77. The zero-order valence-corrected chi connectivity index (χ0v) is 11.8. The minimum atomic E-state index is -0.353. The maximum absolute atomic E-state index is 12.2. The van der Waals surface area contributed by atoms with Crippen LogP contribution in [-0.2, 0) is 13.6 Å².